The molecule has 5 aliphatic rings. The van der Waals surface area contributed by atoms with Gasteiger partial charge in [-0.25, -0.2) is 13.2 Å². The number of aliphatic hydroxyl groups excluding tert-OH is 1. The second-order valence-corrected chi connectivity index (χ2v) is 11.7. The molecule has 0 radical (unpaired) electrons. The van der Waals surface area contributed by atoms with Gasteiger partial charge in [-0.15, -0.1) is 0 Å². The smallest absolute Gasteiger partial charge is 0.178 e. The van der Waals surface area contributed by atoms with Crippen LogP contribution < -0.4 is 0 Å². The van der Waals surface area contributed by atoms with Gasteiger partial charge in [-0.05, 0) is 63.7 Å². The van der Waals surface area contributed by atoms with E-state index in [0.29, 0.717) is 6.42 Å². The molecule has 5 rings (SSSR count). The Morgan fingerprint density at radius 2 is 1.94 bits per heavy atom. The Morgan fingerprint density at radius 1 is 1.23 bits per heavy atom. The maximum Gasteiger partial charge on any atom is 0.178 e. The van der Waals surface area contributed by atoms with Gasteiger partial charge < -0.3 is 14.6 Å². The van der Waals surface area contributed by atoms with Crippen LogP contribution in [0.1, 0.15) is 47.0 Å². The summed E-state index contributed by atoms with van der Waals surface area (Å²) in [5.41, 5.74) is -4.30. The summed E-state index contributed by atoms with van der Waals surface area (Å²) in [4.78, 5) is 10.8. The molecule has 4 fully saturated rings. The average Bonchev–Trinajstić information content (AvgIpc) is 3.05. The molecule has 1 N–H and O–H groups in total. The van der Waals surface area contributed by atoms with Gasteiger partial charge in [-0.1, -0.05) is 24.8 Å². The summed E-state index contributed by atoms with van der Waals surface area (Å²) in [7, 11) is 0. The number of aliphatic hydroxyl groups is 1. The molecular formula is C23H29F3O4S. The number of halogens is 3. The minimum absolute atomic E-state index is 0.0369. The lowest BCUT2D eigenvalue weighted by atomic mass is 9.45. The number of allylic oxidation sites excluding steroid dienone is 4. The molecule has 4 aliphatic carbocycles. The van der Waals surface area contributed by atoms with Gasteiger partial charge >= 0.3 is 0 Å². The molecule has 1 heterocycles. The Labute approximate surface area is 184 Å². The maximum atomic E-state index is 17.1. The number of hydrogen-bond donors (Lipinski definition) is 1. The highest BCUT2D eigenvalue weighted by Crippen LogP contribution is 2.74. The molecule has 1 aliphatic heterocycles. The summed E-state index contributed by atoms with van der Waals surface area (Å²) < 4.78 is 58.7. The highest BCUT2D eigenvalue weighted by atomic mass is 32.2. The monoisotopic (exact) mass is 458 g/mol. The van der Waals surface area contributed by atoms with Crippen molar-refractivity contribution in [3.05, 3.63) is 23.8 Å². The van der Waals surface area contributed by atoms with Crippen molar-refractivity contribution in [2.24, 2.45) is 22.7 Å². The van der Waals surface area contributed by atoms with E-state index in [2.05, 4.69) is 0 Å². The van der Waals surface area contributed by atoms with Gasteiger partial charge in [0, 0.05) is 16.7 Å². The van der Waals surface area contributed by atoms with Crippen LogP contribution in [0.5, 0.6) is 0 Å². The first-order chi connectivity index (χ1) is 14.3. The van der Waals surface area contributed by atoms with E-state index >= 15 is 8.78 Å². The number of thioether (sulfide) groups is 1. The van der Waals surface area contributed by atoms with E-state index in [-0.39, 0.29) is 30.1 Å². The Hall–Kier alpha value is -0.830. The van der Waals surface area contributed by atoms with Gasteiger partial charge in [0.25, 0.3) is 0 Å². The molecule has 31 heavy (non-hydrogen) atoms. The maximum absolute atomic E-state index is 17.1. The Morgan fingerprint density at radius 3 is 2.61 bits per heavy atom. The highest BCUT2D eigenvalue weighted by Gasteiger charge is 2.79. The fraction of sp³-hybridized carbons (Fsp3) is 0.783. The number of carbonyl (C=O) groups is 1. The largest absolute Gasteiger partial charge is 0.390 e. The second-order valence-electron chi connectivity index (χ2n) is 10.6. The fourth-order valence-electron chi connectivity index (χ4n) is 7.55. The molecule has 9 atom stereocenters. The van der Waals surface area contributed by atoms with E-state index in [0.717, 1.165) is 11.8 Å². The van der Waals surface area contributed by atoms with Crippen molar-refractivity contribution in [2.45, 2.75) is 81.7 Å². The van der Waals surface area contributed by atoms with Crippen LogP contribution in [0, 0.1) is 22.7 Å². The Balaban J connectivity index is 1.63. The minimum Gasteiger partial charge on any atom is -0.390 e. The van der Waals surface area contributed by atoms with E-state index in [1.165, 1.54) is 18.2 Å². The lowest BCUT2D eigenvalue weighted by Gasteiger charge is -2.63. The van der Waals surface area contributed by atoms with Gasteiger partial charge in [0.1, 0.15) is 18.3 Å². The van der Waals surface area contributed by atoms with Crippen molar-refractivity contribution >= 4 is 17.5 Å². The van der Waals surface area contributed by atoms with Crippen LogP contribution in [-0.4, -0.2) is 51.7 Å². The number of carbonyl (C=O) groups excluding carboxylic acids is 1. The molecule has 0 spiro atoms. The minimum atomic E-state index is -2.15. The topological polar surface area (TPSA) is 55.8 Å². The van der Waals surface area contributed by atoms with Crippen molar-refractivity contribution < 1.29 is 32.5 Å². The summed E-state index contributed by atoms with van der Waals surface area (Å²) >= 11 is 0.996. The lowest BCUT2D eigenvalue weighted by molar-refractivity contribution is -0.235. The van der Waals surface area contributed by atoms with Crippen LogP contribution in [-0.2, 0) is 14.3 Å². The van der Waals surface area contributed by atoms with Gasteiger partial charge in [0.2, 0.25) is 0 Å². The number of ether oxygens (including phenoxy) is 2. The van der Waals surface area contributed by atoms with Gasteiger partial charge in [0.15, 0.2) is 22.2 Å². The zero-order valence-corrected chi connectivity index (χ0v) is 19.0. The molecule has 8 heteroatoms. The highest BCUT2D eigenvalue weighted by molar-refractivity contribution is 8.00. The van der Waals surface area contributed by atoms with Crippen LogP contribution in [0.2, 0.25) is 0 Å². The molecule has 0 aromatic heterocycles. The van der Waals surface area contributed by atoms with Crippen molar-refractivity contribution in [3.63, 3.8) is 0 Å². The summed E-state index contributed by atoms with van der Waals surface area (Å²) in [5, 5.41) is 11.3. The molecule has 4 nitrogen and oxygen atoms in total. The number of rotatable bonds is 2. The summed E-state index contributed by atoms with van der Waals surface area (Å²) in [6, 6.07) is -0.707. The van der Waals surface area contributed by atoms with Crippen LogP contribution in [0.3, 0.4) is 0 Å². The zero-order valence-electron chi connectivity index (χ0n) is 18.2. The first-order valence-corrected chi connectivity index (χ1v) is 11.9. The first-order valence-electron chi connectivity index (χ1n) is 10.9. The molecule has 0 aromatic carbocycles. The zero-order chi connectivity index (χ0) is 22.6. The predicted octanol–water partition coefficient (Wildman–Crippen LogP) is 4.42. The summed E-state index contributed by atoms with van der Waals surface area (Å²) in [6.45, 7) is 7.01. The van der Waals surface area contributed by atoms with Crippen molar-refractivity contribution in [1.82, 2.24) is 0 Å². The normalized spacial score (nSPS) is 54.6. The van der Waals surface area contributed by atoms with Gasteiger partial charge in [-0.3, -0.25) is 4.79 Å². The molecule has 0 bridgehead atoms. The van der Waals surface area contributed by atoms with Crippen molar-refractivity contribution in [2.75, 3.05) is 6.01 Å². The summed E-state index contributed by atoms with van der Waals surface area (Å²) in [6.07, 6.45) is 0.761. The molecule has 172 valence electrons. The van der Waals surface area contributed by atoms with E-state index in [1.54, 1.807) is 20.8 Å². The third-order valence-corrected chi connectivity index (χ3v) is 10.1. The Bertz CT molecular complexity index is 892. The SMILES string of the molecule is CC1(C)O[C@@H]2C[C@H]3[C@@H]4C[C@H](F)C5=CC(=O)C=C[C@]5(C)[C@@]4(F)[C@@H](O)C[C@]3(C)[C@]2(SCF)O1. The number of alkyl halides is 3. The van der Waals surface area contributed by atoms with Crippen LogP contribution in [0.4, 0.5) is 13.2 Å². The van der Waals surface area contributed by atoms with E-state index < -0.39 is 57.5 Å². The molecule has 0 unspecified atom stereocenters. The quantitative estimate of drug-likeness (QED) is 0.664. The molecule has 3 saturated carbocycles. The summed E-state index contributed by atoms with van der Waals surface area (Å²) in [5.74, 6) is -2.50. The van der Waals surface area contributed by atoms with Crippen LogP contribution >= 0.6 is 11.8 Å². The fourth-order valence-corrected chi connectivity index (χ4v) is 8.87. The van der Waals surface area contributed by atoms with Crippen LogP contribution in [0.25, 0.3) is 0 Å². The third kappa shape index (κ3) is 2.48. The van der Waals surface area contributed by atoms with Gasteiger partial charge in [-0.2, -0.15) is 0 Å². The van der Waals surface area contributed by atoms with Crippen molar-refractivity contribution in [3.8, 4) is 0 Å². The number of hydrogen-bond acceptors (Lipinski definition) is 5. The standard InChI is InChI=1S/C23H29F3O4S/c1-19(2)29-18-9-13-14-8-16(25)15-7-12(27)5-6-20(15,3)22(14,26)17(28)10-21(13,4)23(18,30-19)31-11-24/h5-7,13-14,16-18,28H,8-11H2,1-4H3/t13-,14-,16-,17-,18+,20-,21-,22-,23-/m0/s1. The molecule has 1 saturated heterocycles. The first kappa shape index (κ1) is 22.0. The van der Waals surface area contributed by atoms with E-state index in [9.17, 15) is 14.3 Å². The Kier molecular flexibility index (Phi) is 4.53. The lowest BCUT2D eigenvalue weighted by Crippen LogP contribution is -2.69. The van der Waals surface area contributed by atoms with E-state index in [4.69, 9.17) is 9.47 Å². The molecule has 0 aromatic rings. The van der Waals surface area contributed by atoms with Crippen LogP contribution in [0.15, 0.2) is 23.8 Å². The molecule has 0 amide bonds. The third-order valence-electron chi connectivity index (χ3n) is 8.80. The average molecular weight is 459 g/mol. The molecular weight excluding hydrogens is 429 g/mol. The van der Waals surface area contributed by atoms with E-state index in [1.807, 2.05) is 6.92 Å². The number of fused-ring (bicyclic) bond motifs is 7. The predicted molar refractivity (Wildman–Crippen MR) is 110 cm³/mol. The van der Waals surface area contributed by atoms with Crippen molar-refractivity contribution in [1.29, 1.82) is 0 Å². The number of ketones is 1. The van der Waals surface area contributed by atoms with Gasteiger partial charge in [0.05, 0.1) is 6.10 Å². The second kappa shape index (κ2) is 6.39.